The zero-order valence-electron chi connectivity index (χ0n) is 16.3. The molecule has 1 atom stereocenters. The van der Waals surface area contributed by atoms with Crippen molar-refractivity contribution in [1.29, 1.82) is 0 Å². The molecule has 6 rings (SSSR count). The third-order valence-corrected chi connectivity index (χ3v) is 6.97. The number of hydrogen-bond donors (Lipinski definition) is 0. The summed E-state index contributed by atoms with van der Waals surface area (Å²) in [6.45, 7) is 0. The SMILES string of the molecule is C1=CC2=C(CC1)C(Cc1ccccc1)Cc1c2ccc2cc(C3CC3)ccc12. The molecule has 3 aromatic rings. The highest BCUT2D eigenvalue weighted by molar-refractivity contribution is 5.94. The van der Waals surface area contributed by atoms with E-state index in [0.29, 0.717) is 5.92 Å². The van der Waals surface area contributed by atoms with E-state index in [2.05, 4.69) is 72.8 Å². The number of allylic oxidation sites excluding steroid dienone is 4. The molecular weight excluding hydrogens is 336 g/mol. The van der Waals surface area contributed by atoms with Gasteiger partial charge in [-0.3, -0.25) is 0 Å². The molecule has 138 valence electrons. The standard InChI is InChI=1S/C28H26/c1-2-6-19(7-3-1)16-23-18-28-25-14-12-21(20-10-11-20)17-22(25)13-15-27(28)26-9-5-4-8-24(23)26/h1-3,5-7,9,12-15,17,20,23H,4,8,10-11,16,18H2. The summed E-state index contributed by atoms with van der Waals surface area (Å²) in [6, 6.07) is 23.1. The summed E-state index contributed by atoms with van der Waals surface area (Å²) >= 11 is 0. The maximum absolute atomic E-state index is 2.46. The van der Waals surface area contributed by atoms with E-state index in [1.807, 2.05) is 0 Å². The minimum absolute atomic E-state index is 0.628. The number of hydrogen-bond acceptors (Lipinski definition) is 0. The first kappa shape index (κ1) is 16.4. The molecule has 0 radical (unpaired) electrons. The van der Waals surface area contributed by atoms with Gasteiger partial charge in [-0.1, -0.05) is 78.4 Å². The molecule has 0 aliphatic heterocycles. The molecule has 0 saturated heterocycles. The molecule has 1 unspecified atom stereocenters. The third kappa shape index (κ3) is 2.75. The van der Waals surface area contributed by atoms with Gasteiger partial charge in [-0.05, 0) is 89.0 Å². The van der Waals surface area contributed by atoms with Gasteiger partial charge in [0.2, 0.25) is 0 Å². The lowest BCUT2D eigenvalue weighted by Gasteiger charge is -2.32. The average molecular weight is 363 g/mol. The summed E-state index contributed by atoms with van der Waals surface area (Å²) in [5.74, 6) is 1.45. The summed E-state index contributed by atoms with van der Waals surface area (Å²) in [7, 11) is 0. The highest BCUT2D eigenvalue weighted by Crippen LogP contribution is 2.45. The normalized spacial score (nSPS) is 20.9. The predicted molar refractivity (Wildman–Crippen MR) is 119 cm³/mol. The highest BCUT2D eigenvalue weighted by atomic mass is 14.3. The van der Waals surface area contributed by atoms with Crippen molar-refractivity contribution in [1.82, 2.24) is 0 Å². The van der Waals surface area contributed by atoms with Crippen molar-refractivity contribution in [3.63, 3.8) is 0 Å². The van der Waals surface area contributed by atoms with E-state index in [-0.39, 0.29) is 0 Å². The fourth-order valence-electron chi connectivity index (χ4n) is 5.39. The quantitative estimate of drug-likeness (QED) is 0.461. The highest BCUT2D eigenvalue weighted by Gasteiger charge is 2.29. The molecular formula is C28H26. The van der Waals surface area contributed by atoms with Crippen LogP contribution in [0.2, 0.25) is 0 Å². The molecule has 0 bridgehead atoms. The van der Waals surface area contributed by atoms with Gasteiger partial charge in [0.05, 0.1) is 0 Å². The van der Waals surface area contributed by atoms with Crippen molar-refractivity contribution >= 4 is 16.3 Å². The van der Waals surface area contributed by atoms with E-state index in [0.717, 1.165) is 12.3 Å². The van der Waals surface area contributed by atoms with Crippen molar-refractivity contribution in [2.24, 2.45) is 5.92 Å². The van der Waals surface area contributed by atoms with Crippen LogP contribution >= 0.6 is 0 Å². The molecule has 1 fully saturated rings. The van der Waals surface area contributed by atoms with Crippen LogP contribution in [-0.4, -0.2) is 0 Å². The maximum atomic E-state index is 2.46. The smallest absolute Gasteiger partial charge is 0.0112 e. The second-order valence-corrected chi connectivity index (χ2v) is 8.82. The second-order valence-electron chi connectivity index (χ2n) is 8.82. The Hall–Kier alpha value is -2.60. The molecule has 0 spiro atoms. The molecule has 0 heterocycles. The average Bonchev–Trinajstić information content (AvgIpc) is 3.59. The number of rotatable bonds is 3. The summed E-state index contributed by atoms with van der Waals surface area (Å²) < 4.78 is 0. The van der Waals surface area contributed by atoms with Gasteiger partial charge in [-0.15, -0.1) is 0 Å². The summed E-state index contributed by atoms with van der Waals surface area (Å²) in [5, 5.41) is 2.91. The fourth-order valence-corrected chi connectivity index (χ4v) is 5.39. The van der Waals surface area contributed by atoms with Gasteiger partial charge in [0, 0.05) is 0 Å². The van der Waals surface area contributed by atoms with Crippen LogP contribution in [0.4, 0.5) is 0 Å². The largest absolute Gasteiger partial charge is 0.0836 e. The molecule has 0 amide bonds. The van der Waals surface area contributed by atoms with E-state index < -0.39 is 0 Å². The minimum Gasteiger partial charge on any atom is -0.0836 e. The molecule has 1 saturated carbocycles. The lowest BCUT2D eigenvalue weighted by molar-refractivity contribution is 0.575. The van der Waals surface area contributed by atoms with Crippen molar-refractivity contribution in [3.8, 4) is 0 Å². The van der Waals surface area contributed by atoms with Crippen LogP contribution in [0, 0.1) is 5.92 Å². The Morgan fingerprint density at radius 1 is 0.893 bits per heavy atom. The predicted octanol–water partition coefficient (Wildman–Crippen LogP) is 7.24. The van der Waals surface area contributed by atoms with Gasteiger partial charge in [-0.2, -0.15) is 0 Å². The topological polar surface area (TPSA) is 0 Å². The van der Waals surface area contributed by atoms with Gasteiger partial charge in [0.25, 0.3) is 0 Å². The summed E-state index contributed by atoms with van der Waals surface area (Å²) in [4.78, 5) is 0. The molecule has 0 N–H and O–H groups in total. The Labute approximate surface area is 167 Å². The van der Waals surface area contributed by atoms with Gasteiger partial charge < -0.3 is 0 Å². The van der Waals surface area contributed by atoms with Gasteiger partial charge in [-0.25, -0.2) is 0 Å². The molecule has 0 aromatic heterocycles. The first-order valence-electron chi connectivity index (χ1n) is 10.9. The van der Waals surface area contributed by atoms with Crippen molar-refractivity contribution in [2.75, 3.05) is 0 Å². The molecule has 28 heavy (non-hydrogen) atoms. The second kappa shape index (κ2) is 6.48. The third-order valence-electron chi connectivity index (χ3n) is 6.97. The van der Waals surface area contributed by atoms with Crippen molar-refractivity contribution < 1.29 is 0 Å². The Bertz CT molecular complexity index is 1110. The van der Waals surface area contributed by atoms with Gasteiger partial charge in [0.1, 0.15) is 0 Å². The Morgan fingerprint density at radius 2 is 1.79 bits per heavy atom. The zero-order valence-corrected chi connectivity index (χ0v) is 16.3. The Balaban J connectivity index is 1.48. The van der Waals surface area contributed by atoms with Crippen LogP contribution < -0.4 is 0 Å². The molecule has 3 aromatic carbocycles. The molecule has 3 aliphatic carbocycles. The Kier molecular flexibility index (Phi) is 3.79. The lowest BCUT2D eigenvalue weighted by Crippen LogP contribution is -2.20. The van der Waals surface area contributed by atoms with Crippen molar-refractivity contribution in [2.45, 2.75) is 44.4 Å². The van der Waals surface area contributed by atoms with Crippen LogP contribution in [0.25, 0.3) is 16.3 Å². The summed E-state index contributed by atoms with van der Waals surface area (Å²) in [5.41, 5.74) is 9.28. The van der Waals surface area contributed by atoms with Gasteiger partial charge >= 0.3 is 0 Å². The molecule has 0 heteroatoms. The van der Waals surface area contributed by atoms with Crippen LogP contribution in [0.1, 0.15) is 53.9 Å². The first-order valence-corrected chi connectivity index (χ1v) is 10.9. The monoisotopic (exact) mass is 362 g/mol. The molecule has 0 nitrogen and oxygen atoms in total. The first-order chi connectivity index (χ1) is 13.9. The van der Waals surface area contributed by atoms with Crippen LogP contribution in [-0.2, 0) is 12.8 Å². The Morgan fingerprint density at radius 3 is 2.64 bits per heavy atom. The fraction of sp³-hybridized carbons (Fsp3) is 0.286. The number of benzene rings is 3. The van der Waals surface area contributed by atoms with E-state index in [4.69, 9.17) is 0 Å². The van der Waals surface area contributed by atoms with Crippen LogP contribution in [0.5, 0.6) is 0 Å². The van der Waals surface area contributed by atoms with E-state index >= 15 is 0 Å². The van der Waals surface area contributed by atoms with Crippen molar-refractivity contribution in [3.05, 3.63) is 101 Å². The number of fused-ring (bicyclic) bond motifs is 4. The minimum atomic E-state index is 0.628. The zero-order chi connectivity index (χ0) is 18.5. The van der Waals surface area contributed by atoms with Crippen LogP contribution in [0.3, 0.4) is 0 Å². The maximum Gasteiger partial charge on any atom is -0.0112 e. The van der Waals surface area contributed by atoms with E-state index in [1.54, 1.807) is 16.7 Å². The molecule has 3 aliphatic rings. The van der Waals surface area contributed by atoms with E-state index in [9.17, 15) is 0 Å². The van der Waals surface area contributed by atoms with E-state index in [1.165, 1.54) is 59.6 Å². The van der Waals surface area contributed by atoms with Crippen LogP contribution in [0.15, 0.2) is 78.4 Å². The summed E-state index contributed by atoms with van der Waals surface area (Å²) in [6.07, 6.45) is 12.3. The van der Waals surface area contributed by atoms with Gasteiger partial charge in [0.15, 0.2) is 0 Å². The lowest BCUT2D eigenvalue weighted by atomic mass is 9.72.